The van der Waals surface area contributed by atoms with Gasteiger partial charge in [0.1, 0.15) is 17.9 Å². The van der Waals surface area contributed by atoms with Crippen LogP contribution in [0.3, 0.4) is 0 Å². The first-order valence-corrected chi connectivity index (χ1v) is 7.30. The second kappa shape index (κ2) is 6.85. The Kier molecular flexibility index (Phi) is 4.88. The van der Waals surface area contributed by atoms with Gasteiger partial charge < -0.3 is 9.64 Å². The Hall–Kier alpha value is -2.98. The lowest BCUT2D eigenvalue weighted by Gasteiger charge is -2.22. The van der Waals surface area contributed by atoms with Gasteiger partial charge in [-0.15, -0.1) is 0 Å². The summed E-state index contributed by atoms with van der Waals surface area (Å²) in [7, 11) is 3.56. The first-order valence-electron chi connectivity index (χ1n) is 7.30. The van der Waals surface area contributed by atoms with E-state index in [-0.39, 0.29) is 0 Å². The number of ether oxygens (including phenoxy) is 1. The van der Waals surface area contributed by atoms with Crippen LogP contribution in [-0.4, -0.2) is 14.2 Å². The smallest absolute Gasteiger partial charge is 0.124 e. The number of benzene rings is 2. The monoisotopic (exact) mass is 305 g/mol. The van der Waals surface area contributed by atoms with Crippen molar-refractivity contribution >= 4 is 5.69 Å². The fourth-order valence-corrected chi connectivity index (χ4v) is 2.94. The molecule has 0 fully saturated rings. The summed E-state index contributed by atoms with van der Waals surface area (Å²) in [6, 6.07) is 13.7. The van der Waals surface area contributed by atoms with Crippen LogP contribution < -0.4 is 9.64 Å². The third-order valence-electron chi connectivity index (χ3n) is 3.80. The maximum Gasteiger partial charge on any atom is 0.124 e. The Morgan fingerprint density at radius 1 is 1.04 bits per heavy atom. The molecular formula is C19H19N3O. The summed E-state index contributed by atoms with van der Waals surface area (Å²) in [6.45, 7) is 4.64. The van der Waals surface area contributed by atoms with Crippen molar-refractivity contribution in [1.82, 2.24) is 0 Å². The summed E-state index contributed by atoms with van der Waals surface area (Å²) in [5.74, 6) is 0.895. The first kappa shape index (κ1) is 16.4. The number of hydrogen-bond donors (Lipinski definition) is 0. The highest BCUT2D eigenvalue weighted by Gasteiger charge is 2.14. The Bertz CT molecular complexity index is 757. The number of anilines is 1. The van der Waals surface area contributed by atoms with Crippen LogP contribution in [0.4, 0.5) is 5.69 Å². The van der Waals surface area contributed by atoms with Crippen LogP contribution in [0.1, 0.15) is 27.8 Å². The van der Waals surface area contributed by atoms with Crippen molar-refractivity contribution in [3.05, 3.63) is 58.1 Å². The number of methoxy groups -OCH3 is 1. The molecular weight excluding hydrogens is 286 g/mol. The third kappa shape index (κ3) is 3.27. The minimum atomic E-state index is 0.508. The Labute approximate surface area is 137 Å². The van der Waals surface area contributed by atoms with E-state index in [1.54, 1.807) is 25.3 Å². The number of hydrogen-bond acceptors (Lipinski definition) is 4. The molecule has 0 aromatic heterocycles. The second-order valence-corrected chi connectivity index (χ2v) is 5.54. The van der Waals surface area contributed by atoms with Crippen molar-refractivity contribution in [2.45, 2.75) is 20.4 Å². The molecule has 0 N–H and O–H groups in total. The van der Waals surface area contributed by atoms with Crippen LogP contribution in [0.2, 0.25) is 0 Å². The number of para-hydroxylation sites is 1. The highest BCUT2D eigenvalue weighted by Crippen LogP contribution is 2.28. The van der Waals surface area contributed by atoms with Gasteiger partial charge in [-0.3, -0.25) is 0 Å². The lowest BCUT2D eigenvalue weighted by atomic mass is 10.0. The van der Waals surface area contributed by atoms with E-state index >= 15 is 0 Å². The zero-order valence-corrected chi connectivity index (χ0v) is 13.8. The first-order chi connectivity index (χ1) is 11.0. The number of rotatable bonds is 4. The highest BCUT2D eigenvalue weighted by atomic mass is 16.5. The molecule has 2 aromatic rings. The fraction of sp³-hybridized carbons (Fsp3) is 0.263. The lowest BCUT2D eigenvalue weighted by Crippen LogP contribution is -2.19. The van der Waals surface area contributed by atoms with Crippen molar-refractivity contribution in [2.24, 2.45) is 0 Å². The molecule has 2 aromatic carbocycles. The van der Waals surface area contributed by atoms with Gasteiger partial charge in [0.05, 0.1) is 23.9 Å². The zero-order valence-electron chi connectivity index (χ0n) is 13.8. The molecule has 116 valence electrons. The molecule has 0 heterocycles. The van der Waals surface area contributed by atoms with Crippen LogP contribution in [-0.2, 0) is 6.54 Å². The molecule has 0 atom stereocenters. The van der Waals surface area contributed by atoms with E-state index in [1.165, 1.54) is 0 Å². The van der Waals surface area contributed by atoms with Gasteiger partial charge in [-0.25, -0.2) is 0 Å². The van der Waals surface area contributed by atoms with E-state index in [2.05, 4.69) is 24.3 Å². The standard InChI is InChI=1S/C19H19N3O/c1-13-8-15(9-14(2)19(13)23-4)12-22(3)18-16(10-20)6-5-7-17(18)11-21/h5-9H,12H2,1-4H3. The van der Waals surface area contributed by atoms with Gasteiger partial charge in [-0.2, -0.15) is 10.5 Å². The molecule has 0 saturated heterocycles. The number of nitrogens with zero attached hydrogens (tertiary/aromatic N) is 3. The highest BCUT2D eigenvalue weighted by molar-refractivity contribution is 5.68. The van der Waals surface area contributed by atoms with Gasteiger partial charge in [0.15, 0.2) is 0 Å². The molecule has 0 aliphatic carbocycles. The van der Waals surface area contributed by atoms with Crippen LogP contribution in [0, 0.1) is 36.5 Å². The van der Waals surface area contributed by atoms with E-state index in [0.717, 1.165) is 22.4 Å². The summed E-state index contributed by atoms with van der Waals surface area (Å²) in [5, 5.41) is 18.6. The van der Waals surface area contributed by atoms with Crippen LogP contribution in [0.25, 0.3) is 0 Å². The summed E-state index contributed by atoms with van der Waals surface area (Å²) in [4.78, 5) is 1.94. The molecule has 0 amide bonds. The summed E-state index contributed by atoms with van der Waals surface area (Å²) >= 11 is 0. The van der Waals surface area contributed by atoms with Crippen LogP contribution >= 0.6 is 0 Å². The molecule has 2 rings (SSSR count). The van der Waals surface area contributed by atoms with Gasteiger partial charge in [0.2, 0.25) is 0 Å². The van der Waals surface area contributed by atoms with E-state index < -0.39 is 0 Å². The molecule has 23 heavy (non-hydrogen) atoms. The fourth-order valence-electron chi connectivity index (χ4n) is 2.94. The van der Waals surface area contributed by atoms with Gasteiger partial charge >= 0.3 is 0 Å². The normalized spacial score (nSPS) is 9.83. The van der Waals surface area contributed by atoms with Gasteiger partial charge in [-0.05, 0) is 42.7 Å². The molecule has 0 unspecified atom stereocenters. The average Bonchev–Trinajstić information content (AvgIpc) is 2.53. The predicted octanol–water partition coefficient (Wildman–Crippen LogP) is 3.69. The second-order valence-electron chi connectivity index (χ2n) is 5.54. The van der Waals surface area contributed by atoms with Gasteiger partial charge in [0.25, 0.3) is 0 Å². The molecule has 0 spiro atoms. The topological polar surface area (TPSA) is 60.0 Å². The van der Waals surface area contributed by atoms with Crippen molar-refractivity contribution in [3.8, 4) is 17.9 Å². The maximum absolute atomic E-state index is 9.31. The Morgan fingerprint density at radius 2 is 1.57 bits per heavy atom. The Balaban J connectivity index is 2.40. The summed E-state index contributed by atoms with van der Waals surface area (Å²) in [6.07, 6.45) is 0. The van der Waals surface area contributed by atoms with Crippen molar-refractivity contribution < 1.29 is 4.74 Å². The SMILES string of the molecule is COc1c(C)cc(CN(C)c2c(C#N)cccc2C#N)cc1C. The van der Waals surface area contributed by atoms with Gasteiger partial charge in [0, 0.05) is 13.6 Å². The van der Waals surface area contributed by atoms with E-state index in [0.29, 0.717) is 23.4 Å². The van der Waals surface area contributed by atoms with E-state index in [9.17, 15) is 10.5 Å². The lowest BCUT2D eigenvalue weighted by molar-refractivity contribution is 0.408. The van der Waals surface area contributed by atoms with Crippen LogP contribution in [0.5, 0.6) is 5.75 Å². The summed E-state index contributed by atoms with van der Waals surface area (Å²) in [5.41, 5.74) is 4.94. The van der Waals surface area contributed by atoms with Crippen molar-refractivity contribution in [2.75, 3.05) is 19.1 Å². The molecule has 4 nitrogen and oxygen atoms in total. The molecule has 0 aliphatic heterocycles. The van der Waals surface area contributed by atoms with E-state index in [4.69, 9.17) is 4.74 Å². The molecule has 0 bridgehead atoms. The average molecular weight is 305 g/mol. The molecule has 4 heteroatoms. The molecule has 0 radical (unpaired) electrons. The minimum Gasteiger partial charge on any atom is -0.496 e. The maximum atomic E-state index is 9.31. The minimum absolute atomic E-state index is 0.508. The van der Waals surface area contributed by atoms with Crippen molar-refractivity contribution in [1.29, 1.82) is 10.5 Å². The number of nitriles is 2. The molecule has 0 saturated carbocycles. The van der Waals surface area contributed by atoms with Crippen LogP contribution in [0.15, 0.2) is 30.3 Å². The van der Waals surface area contributed by atoms with E-state index in [1.807, 2.05) is 25.8 Å². The zero-order chi connectivity index (χ0) is 17.0. The summed E-state index contributed by atoms with van der Waals surface area (Å²) < 4.78 is 5.39. The molecule has 0 aliphatic rings. The van der Waals surface area contributed by atoms with Gasteiger partial charge in [-0.1, -0.05) is 18.2 Å². The largest absolute Gasteiger partial charge is 0.496 e. The quantitative estimate of drug-likeness (QED) is 0.864. The third-order valence-corrected chi connectivity index (χ3v) is 3.80. The van der Waals surface area contributed by atoms with Crippen molar-refractivity contribution in [3.63, 3.8) is 0 Å². The Morgan fingerprint density at radius 3 is 2.00 bits per heavy atom. The predicted molar refractivity (Wildman–Crippen MR) is 90.4 cm³/mol. The number of aryl methyl sites for hydroxylation is 2.